The minimum atomic E-state index is -0.179. The zero-order valence-electron chi connectivity index (χ0n) is 13.3. The molecule has 1 aromatic heterocycles. The van der Waals surface area contributed by atoms with E-state index in [1.54, 1.807) is 12.0 Å². The summed E-state index contributed by atoms with van der Waals surface area (Å²) >= 11 is 1.51. The molecular weight excluding hydrogens is 326 g/mol. The fourth-order valence-electron chi connectivity index (χ4n) is 2.80. The van der Waals surface area contributed by atoms with Gasteiger partial charge in [0.2, 0.25) is 0 Å². The number of nitrogens with zero attached hydrogens (tertiary/aromatic N) is 3. The molecule has 3 amide bonds. The number of hydrogen-bond donors (Lipinski definition) is 0. The molecule has 1 saturated heterocycles. The Morgan fingerprint density at radius 3 is 2.67 bits per heavy atom. The molecule has 124 valence electrons. The Labute approximate surface area is 143 Å². The van der Waals surface area contributed by atoms with Crippen LogP contribution < -0.4 is 4.74 Å². The smallest absolute Gasteiger partial charge is 0.327 e. The van der Waals surface area contributed by atoms with Crippen LogP contribution in [0.4, 0.5) is 4.79 Å². The van der Waals surface area contributed by atoms with Gasteiger partial charge in [-0.2, -0.15) is 0 Å². The van der Waals surface area contributed by atoms with Gasteiger partial charge in [0.05, 0.1) is 19.3 Å². The van der Waals surface area contributed by atoms with E-state index in [-0.39, 0.29) is 31.1 Å². The molecule has 2 heterocycles. The van der Waals surface area contributed by atoms with Crippen molar-refractivity contribution in [3.63, 3.8) is 0 Å². The number of aromatic nitrogens is 1. The minimum Gasteiger partial charge on any atom is -0.497 e. The molecule has 0 N–H and O–H groups in total. The topological polar surface area (TPSA) is 62.7 Å². The zero-order chi connectivity index (χ0) is 16.7. The third-order valence-electron chi connectivity index (χ3n) is 4.28. The first-order valence-electron chi connectivity index (χ1n) is 7.85. The second-order valence-corrected chi connectivity index (χ2v) is 6.85. The van der Waals surface area contributed by atoms with Crippen LogP contribution in [-0.2, 0) is 11.3 Å². The Bertz CT molecular complexity index is 783. The lowest BCUT2D eigenvalue weighted by Crippen LogP contribution is -2.33. The molecule has 24 heavy (non-hydrogen) atoms. The van der Waals surface area contributed by atoms with E-state index in [1.807, 2.05) is 29.6 Å². The van der Waals surface area contributed by atoms with Crippen molar-refractivity contribution < 1.29 is 14.3 Å². The molecule has 1 aliphatic carbocycles. The van der Waals surface area contributed by atoms with E-state index in [0.29, 0.717) is 0 Å². The van der Waals surface area contributed by atoms with Crippen LogP contribution in [0, 0.1) is 0 Å². The van der Waals surface area contributed by atoms with E-state index in [4.69, 9.17) is 4.74 Å². The van der Waals surface area contributed by atoms with Crippen molar-refractivity contribution in [2.75, 3.05) is 13.7 Å². The highest BCUT2D eigenvalue weighted by Gasteiger charge is 2.43. The summed E-state index contributed by atoms with van der Waals surface area (Å²) in [6.07, 6.45) is 2.01. The van der Waals surface area contributed by atoms with Gasteiger partial charge in [0, 0.05) is 17.0 Å². The maximum Gasteiger partial charge on any atom is 0.327 e. The molecule has 4 rings (SSSR count). The van der Waals surface area contributed by atoms with Crippen LogP contribution in [0.25, 0.3) is 10.6 Å². The predicted molar refractivity (Wildman–Crippen MR) is 89.8 cm³/mol. The molecule has 0 spiro atoms. The number of amides is 3. The van der Waals surface area contributed by atoms with Gasteiger partial charge in [-0.25, -0.2) is 9.78 Å². The third kappa shape index (κ3) is 2.75. The molecular formula is C17H17N3O3S. The number of benzene rings is 1. The van der Waals surface area contributed by atoms with Gasteiger partial charge >= 0.3 is 6.03 Å². The van der Waals surface area contributed by atoms with Crippen LogP contribution in [0.2, 0.25) is 0 Å². The molecule has 2 aliphatic rings. The summed E-state index contributed by atoms with van der Waals surface area (Å²) in [6.45, 7) is 0.451. The van der Waals surface area contributed by atoms with Gasteiger partial charge < -0.3 is 9.64 Å². The fourth-order valence-corrected chi connectivity index (χ4v) is 3.61. The molecule has 7 heteroatoms. The Morgan fingerprint density at radius 2 is 2.00 bits per heavy atom. The number of carbonyl (C=O) groups is 2. The van der Waals surface area contributed by atoms with E-state index >= 15 is 0 Å². The third-order valence-corrected chi connectivity index (χ3v) is 5.22. The van der Waals surface area contributed by atoms with Crippen LogP contribution in [0.15, 0.2) is 29.6 Å². The van der Waals surface area contributed by atoms with Gasteiger partial charge in [-0.3, -0.25) is 9.69 Å². The molecule has 1 saturated carbocycles. The normalized spacial score (nSPS) is 17.7. The van der Waals surface area contributed by atoms with Crippen LogP contribution in [0.1, 0.15) is 18.5 Å². The second kappa shape index (κ2) is 5.90. The number of rotatable bonds is 5. The number of thiazole rings is 1. The van der Waals surface area contributed by atoms with Crippen molar-refractivity contribution in [2.24, 2.45) is 0 Å². The van der Waals surface area contributed by atoms with Crippen LogP contribution in [0.3, 0.4) is 0 Å². The molecule has 2 aromatic rings. The largest absolute Gasteiger partial charge is 0.497 e. The van der Waals surface area contributed by atoms with E-state index in [0.717, 1.165) is 34.9 Å². The van der Waals surface area contributed by atoms with Crippen molar-refractivity contribution in [2.45, 2.75) is 25.4 Å². The zero-order valence-corrected chi connectivity index (χ0v) is 14.1. The van der Waals surface area contributed by atoms with Gasteiger partial charge in [-0.15, -0.1) is 11.3 Å². The van der Waals surface area contributed by atoms with Crippen molar-refractivity contribution in [3.8, 4) is 16.3 Å². The Kier molecular flexibility index (Phi) is 3.72. The fraction of sp³-hybridized carbons (Fsp3) is 0.353. The lowest BCUT2D eigenvalue weighted by Gasteiger charge is -2.15. The first-order chi connectivity index (χ1) is 11.7. The Morgan fingerprint density at radius 1 is 1.25 bits per heavy atom. The highest BCUT2D eigenvalue weighted by molar-refractivity contribution is 7.13. The average molecular weight is 343 g/mol. The molecule has 0 unspecified atom stereocenters. The summed E-state index contributed by atoms with van der Waals surface area (Å²) in [6, 6.07) is 7.75. The van der Waals surface area contributed by atoms with Crippen LogP contribution in [0.5, 0.6) is 5.75 Å². The SMILES string of the molecule is COc1ccc(-c2nc(CN3C(=O)CN(C4CC4)C3=O)cs2)cc1. The number of methoxy groups -OCH3 is 1. The maximum atomic E-state index is 12.3. The molecule has 0 bridgehead atoms. The van der Waals surface area contributed by atoms with E-state index < -0.39 is 0 Å². The lowest BCUT2D eigenvalue weighted by molar-refractivity contribution is -0.125. The second-order valence-electron chi connectivity index (χ2n) is 5.99. The van der Waals surface area contributed by atoms with E-state index in [1.165, 1.54) is 16.2 Å². The van der Waals surface area contributed by atoms with E-state index in [9.17, 15) is 9.59 Å². The molecule has 1 aliphatic heterocycles. The van der Waals surface area contributed by atoms with Crippen molar-refractivity contribution in [3.05, 3.63) is 35.3 Å². The first kappa shape index (κ1) is 15.1. The summed E-state index contributed by atoms with van der Waals surface area (Å²) in [5.74, 6) is 0.662. The average Bonchev–Trinajstić information content (AvgIpc) is 3.28. The van der Waals surface area contributed by atoms with Crippen molar-refractivity contribution in [1.29, 1.82) is 0 Å². The van der Waals surface area contributed by atoms with Gasteiger partial charge in [-0.1, -0.05) is 0 Å². The Hall–Kier alpha value is -2.41. The molecule has 0 radical (unpaired) electrons. The lowest BCUT2D eigenvalue weighted by atomic mass is 10.2. The van der Waals surface area contributed by atoms with Crippen molar-refractivity contribution >= 4 is 23.3 Å². The number of urea groups is 1. The summed E-state index contributed by atoms with van der Waals surface area (Å²) in [4.78, 5) is 32.0. The summed E-state index contributed by atoms with van der Waals surface area (Å²) < 4.78 is 5.15. The minimum absolute atomic E-state index is 0.133. The van der Waals surface area contributed by atoms with Gasteiger partial charge in [0.15, 0.2) is 0 Å². The Balaban J connectivity index is 1.48. The summed E-state index contributed by atoms with van der Waals surface area (Å²) in [5.41, 5.74) is 1.73. The molecule has 1 aromatic carbocycles. The first-order valence-corrected chi connectivity index (χ1v) is 8.73. The number of carbonyl (C=O) groups excluding carboxylic acids is 2. The number of hydrogen-bond acceptors (Lipinski definition) is 5. The predicted octanol–water partition coefficient (Wildman–Crippen LogP) is 2.75. The number of ether oxygens (including phenoxy) is 1. The standard InChI is InChI=1S/C17H17N3O3S/c1-23-14-6-2-11(3-7-14)16-18-12(10-24-16)8-20-15(21)9-19(17(20)22)13-4-5-13/h2-3,6-7,10,13H,4-5,8-9H2,1H3. The van der Waals surface area contributed by atoms with Gasteiger partial charge in [0.1, 0.15) is 17.3 Å². The van der Waals surface area contributed by atoms with Crippen LogP contribution >= 0.6 is 11.3 Å². The van der Waals surface area contributed by atoms with Gasteiger partial charge in [0.25, 0.3) is 5.91 Å². The number of imide groups is 1. The molecule has 2 fully saturated rings. The monoisotopic (exact) mass is 343 g/mol. The van der Waals surface area contributed by atoms with Crippen molar-refractivity contribution in [1.82, 2.24) is 14.8 Å². The van der Waals surface area contributed by atoms with Crippen LogP contribution in [-0.4, -0.2) is 46.4 Å². The van der Waals surface area contributed by atoms with Gasteiger partial charge in [-0.05, 0) is 37.1 Å². The molecule has 6 nitrogen and oxygen atoms in total. The summed E-state index contributed by atoms with van der Waals surface area (Å²) in [5, 5.41) is 2.77. The summed E-state index contributed by atoms with van der Waals surface area (Å²) in [7, 11) is 1.63. The quantitative estimate of drug-likeness (QED) is 0.783. The van der Waals surface area contributed by atoms with E-state index in [2.05, 4.69) is 4.98 Å². The highest BCUT2D eigenvalue weighted by atomic mass is 32.1. The highest BCUT2D eigenvalue weighted by Crippen LogP contribution is 2.31. The molecule has 0 atom stereocenters. The maximum absolute atomic E-state index is 12.3.